The third-order valence-electron chi connectivity index (χ3n) is 4.75. The number of aromatic nitrogens is 2. The Labute approximate surface area is 171 Å². The molecule has 0 radical (unpaired) electrons. The number of fused-ring (bicyclic) bond motifs is 1. The molecule has 0 fully saturated rings. The molecule has 0 aliphatic rings. The summed E-state index contributed by atoms with van der Waals surface area (Å²) in [7, 11) is 0. The van der Waals surface area contributed by atoms with Crippen LogP contribution in [0.2, 0.25) is 0 Å². The molecule has 0 unspecified atom stereocenters. The van der Waals surface area contributed by atoms with Crippen molar-refractivity contribution in [3.8, 4) is 0 Å². The van der Waals surface area contributed by atoms with Crippen LogP contribution >= 0.6 is 0 Å². The lowest BCUT2D eigenvalue weighted by atomic mass is 9.95. The Balaban J connectivity index is 1.55. The van der Waals surface area contributed by atoms with E-state index in [9.17, 15) is 9.59 Å². The van der Waals surface area contributed by atoms with Crippen LogP contribution in [0, 0.1) is 12.3 Å². The number of anilines is 1. The summed E-state index contributed by atoms with van der Waals surface area (Å²) in [5.41, 5.74) is 2.76. The molecule has 152 valence electrons. The van der Waals surface area contributed by atoms with Gasteiger partial charge in [0.25, 0.3) is 5.91 Å². The van der Waals surface area contributed by atoms with Crippen molar-refractivity contribution in [1.29, 1.82) is 0 Å². The summed E-state index contributed by atoms with van der Waals surface area (Å²) in [6, 6.07) is 15.1. The number of benzene rings is 2. The lowest BCUT2D eigenvalue weighted by Gasteiger charge is -2.18. The first kappa shape index (κ1) is 20.6. The molecule has 2 aromatic carbocycles. The summed E-state index contributed by atoms with van der Waals surface area (Å²) < 4.78 is 2.17. The van der Waals surface area contributed by atoms with Crippen molar-refractivity contribution in [2.75, 3.05) is 11.9 Å². The van der Waals surface area contributed by atoms with Gasteiger partial charge in [-0.2, -0.15) is 0 Å². The number of carbonyl (C=O) groups is 2. The SMILES string of the molecule is Cc1nc2ccccc2n1CCCNC(=O)c1cccc(NC(=O)C(C)(C)C)c1. The molecule has 2 N–H and O–H groups in total. The highest BCUT2D eigenvalue weighted by atomic mass is 16.2. The summed E-state index contributed by atoms with van der Waals surface area (Å²) >= 11 is 0. The number of carbonyl (C=O) groups excluding carboxylic acids is 2. The zero-order valence-corrected chi connectivity index (χ0v) is 17.5. The number of imidazole rings is 1. The van der Waals surface area contributed by atoms with Crippen molar-refractivity contribution >= 4 is 28.5 Å². The predicted octanol–water partition coefficient (Wildman–Crippen LogP) is 4.15. The van der Waals surface area contributed by atoms with Gasteiger partial charge >= 0.3 is 0 Å². The Kier molecular flexibility index (Phi) is 6.01. The zero-order chi connectivity index (χ0) is 21.0. The second kappa shape index (κ2) is 8.47. The first-order chi connectivity index (χ1) is 13.8. The van der Waals surface area contributed by atoms with Crippen LogP contribution in [-0.4, -0.2) is 27.9 Å². The van der Waals surface area contributed by atoms with Gasteiger partial charge in [-0.15, -0.1) is 0 Å². The normalized spacial score (nSPS) is 11.4. The monoisotopic (exact) mass is 392 g/mol. The smallest absolute Gasteiger partial charge is 0.251 e. The number of hydrogen-bond acceptors (Lipinski definition) is 3. The maximum absolute atomic E-state index is 12.5. The van der Waals surface area contributed by atoms with E-state index in [0.29, 0.717) is 17.8 Å². The predicted molar refractivity (Wildman–Crippen MR) is 116 cm³/mol. The summed E-state index contributed by atoms with van der Waals surface area (Å²) in [6.45, 7) is 8.89. The average Bonchev–Trinajstić information content (AvgIpc) is 2.99. The van der Waals surface area contributed by atoms with Gasteiger partial charge in [-0.3, -0.25) is 9.59 Å². The van der Waals surface area contributed by atoms with E-state index in [1.807, 2.05) is 45.9 Å². The Bertz CT molecular complexity index is 1030. The number of aryl methyl sites for hydroxylation is 2. The molecule has 0 aliphatic heterocycles. The lowest BCUT2D eigenvalue weighted by Crippen LogP contribution is -2.28. The third-order valence-corrected chi connectivity index (χ3v) is 4.75. The maximum atomic E-state index is 12.5. The fourth-order valence-electron chi connectivity index (χ4n) is 3.08. The number of para-hydroxylation sites is 2. The second-order valence-corrected chi connectivity index (χ2v) is 8.19. The number of nitrogens with zero attached hydrogens (tertiary/aromatic N) is 2. The van der Waals surface area contributed by atoms with Crippen LogP contribution in [0.3, 0.4) is 0 Å². The minimum atomic E-state index is -0.492. The molecule has 2 amide bonds. The van der Waals surface area contributed by atoms with E-state index in [0.717, 1.165) is 29.8 Å². The van der Waals surface area contributed by atoms with E-state index in [2.05, 4.69) is 26.3 Å². The fourth-order valence-corrected chi connectivity index (χ4v) is 3.08. The van der Waals surface area contributed by atoms with E-state index >= 15 is 0 Å². The second-order valence-electron chi connectivity index (χ2n) is 8.19. The largest absolute Gasteiger partial charge is 0.352 e. The molecule has 3 rings (SSSR count). The molecule has 3 aromatic rings. The molecule has 1 heterocycles. The molecule has 0 saturated heterocycles. The topological polar surface area (TPSA) is 76.0 Å². The molecular formula is C23H28N4O2. The van der Waals surface area contributed by atoms with Crippen molar-refractivity contribution < 1.29 is 9.59 Å². The molecule has 0 atom stereocenters. The van der Waals surface area contributed by atoms with E-state index < -0.39 is 5.41 Å². The molecule has 1 aromatic heterocycles. The molecule has 0 saturated carbocycles. The van der Waals surface area contributed by atoms with Crippen LogP contribution in [0.25, 0.3) is 11.0 Å². The standard InChI is InChI=1S/C23H28N4O2/c1-16-25-19-11-5-6-12-20(19)27(16)14-8-13-24-21(28)17-9-7-10-18(15-17)26-22(29)23(2,3)4/h5-7,9-12,15H,8,13-14H2,1-4H3,(H,24,28)(H,26,29). The number of hydrogen-bond donors (Lipinski definition) is 2. The summed E-state index contributed by atoms with van der Waals surface area (Å²) in [4.78, 5) is 29.2. The van der Waals surface area contributed by atoms with E-state index in [4.69, 9.17) is 0 Å². The van der Waals surface area contributed by atoms with Crippen molar-refractivity contribution in [3.05, 3.63) is 59.9 Å². The van der Waals surface area contributed by atoms with E-state index in [1.54, 1.807) is 24.3 Å². The maximum Gasteiger partial charge on any atom is 0.251 e. The first-order valence-electron chi connectivity index (χ1n) is 9.87. The molecule has 0 spiro atoms. The number of nitrogens with one attached hydrogen (secondary N) is 2. The molecule has 0 bridgehead atoms. The average molecular weight is 393 g/mol. The van der Waals surface area contributed by atoms with Crippen LogP contribution < -0.4 is 10.6 Å². The van der Waals surface area contributed by atoms with Crippen molar-refractivity contribution in [2.24, 2.45) is 5.41 Å². The Morgan fingerprint density at radius 3 is 2.59 bits per heavy atom. The van der Waals surface area contributed by atoms with Crippen molar-refractivity contribution in [1.82, 2.24) is 14.9 Å². The van der Waals surface area contributed by atoms with Crippen LogP contribution in [0.5, 0.6) is 0 Å². The Hall–Kier alpha value is -3.15. The van der Waals surface area contributed by atoms with Gasteiger partial charge in [-0.25, -0.2) is 4.98 Å². The number of amides is 2. The highest BCUT2D eigenvalue weighted by molar-refractivity contribution is 5.98. The van der Waals surface area contributed by atoms with Gasteiger partial charge in [0.15, 0.2) is 0 Å². The third kappa shape index (κ3) is 5.02. The van der Waals surface area contributed by atoms with Crippen LogP contribution in [0.1, 0.15) is 43.4 Å². The van der Waals surface area contributed by atoms with Crippen LogP contribution in [0.15, 0.2) is 48.5 Å². The van der Waals surface area contributed by atoms with Crippen LogP contribution in [-0.2, 0) is 11.3 Å². The highest BCUT2D eigenvalue weighted by Gasteiger charge is 2.21. The minimum Gasteiger partial charge on any atom is -0.352 e. The molecule has 0 aliphatic carbocycles. The minimum absolute atomic E-state index is 0.0852. The zero-order valence-electron chi connectivity index (χ0n) is 17.5. The van der Waals surface area contributed by atoms with Gasteiger partial charge in [0.2, 0.25) is 5.91 Å². The van der Waals surface area contributed by atoms with Crippen molar-refractivity contribution in [3.63, 3.8) is 0 Å². The molecule has 6 nitrogen and oxygen atoms in total. The van der Waals surface area contributed by atoms with E-state index in [1.165, 1.54) is 0 Å². The van der Waals surface area contributed by atoms with Gasteiger partial charge < -0.3 is 15.2 Å². The molecule has 6 heteroatoms. The first-order valence-corrected chi connectivity index (χ1v) is 9.87. The molecule has 29 heavy (non-hydrogen) atoms. The highest BCUT2D eigenvalue weighted by Crippen LogP contribution is 2.18. The summed E-state index contributed by atoms with van der Waals surface area (Å²) in [5.74, 6) is 0.738. The van der Waals surface area contributed by atoms with Gasteiger partial charge in [0.1, 0.15) is 5.82 Å². The quantitative estimate of drug-likeness (QED) is 0.619. The number of rotatable bonds is 6. The van der Waals surface area contributed by atoms with Crippen molar-refractivity contribution in [2.45, 2.75) is 40.7 Å². The van der Waals surface area contributed by atoms with Gasteiger partial charge in [-0.1, -0.05) is 39.0 Å². The fraction of sp³-hybridized carbons (Fsp3) is 0.348. The van der Waals surface area contributed by atoms with Crippen LogP contribution in [0.4, 0.5) is 5.69 Å². The lowest BCUT2D eigenvalue weighted by molar-refractivity contribution is -0.123. The van der Waals surface area contributed by atoms with Gasteiger partial charge in [0.05, 0.1) is 11.0 Å². The summed E-state index contributed by atoms with van der Waals surface area (Å²) in [6.07, 6.45) is 0.799. The summed E-state index contributed by atoms with van der Waals surface area (Å²) in [5, 5.41) is 5.81. The van der Waals surface area contributed by atoms with Gasteiger partial charge in [0, 0.05) is 29.8 Å². The Morgan fingerprint density at radius 1 is 1.07 bits per heavy atom. The van der Waals surface area contributed by atoms with Gasteiger partial charge in [-0.05, 0) is 43.7 Å². The Morgan fingerprint density at radius 2 is 1.83 bits per heavy atom. The van der Waals surface area contributed by atoms with E-state index in [-0.39, 0.29) is 11.8 Å². The molecular weight excluding hydrogens is 364 g/mol.